The number of rotatable bonds is 6. The lowest BCUT2D eigenvalue weighted by Gasteiger charge is -2.05. The van der Waals surface area contributed by atoms with Crippen molar-refractivity contribution in [2.45, 2.75) is 32.2 Å². The normalized spacial score (nSPS) is 16.7. The summed E-state index contributed by atoms with van der Waals surface area (Å²) in [5.74, 6) is 0.810. The molecule has 3 nitrogen and oxygen atoms in total. The van der Waals surface area contributed by atoms with E-state index in [9.17, 15) is 0 Å². The largest absolute Gasteiger partial charge is 0.318 e. The van der Waals surface area contributed by atoms with Gasteiger partial charge in [-0.25, -0.2) is 0 Å². The van der Waals surface area contributed by atoms with Crippen molar-refractivity contribution in [2.24, 2.45) is 0 Å². The molecule has 0 radical (unpaired) electrons. The third kappa shape index (κ3) is 2.79. The SMILES string of the molecule is CCPc1cc(C2CC2)n(CCNC)n1. The predicted molar refractivity (Wildman–Crippen MR) is 66.6 cm³/mol. The molecule has 2 rings (SSSR count). The maximum Gasteiger partial charge on any atom is 0.0822 e. The van der Waals surface area contributed by atoms with Crippen molar-refractivity contribution in [2.75, 3.05) is 19.8 Å². The summed E-state index contributed by atoms with van der Waals surface area (Å²) >= 11 is 0. The van der Waals surface area contributed by atoms with E-state index in [1.807, 2.05) is 7.05 Å². The van der Waals surface area contributed by atoms with Crippen LogP contribution in [0.4, 0.5) is 0 Å². The molecule has 0 aliphatic heterocycles. The van der Waals surface area contributed by atoms with Gasteiger partial charge in [0, 0.05) is 18.2 Å². The average molecular weight is 225 g/mol. The fraction of sp³-hybridized carbons (Fsp3) is 0.727. The number of nitrogens with zero attached hydrogens (tertiary/aromatic N) is 2. The minimum Gasteiger partial charge on any atom is -0.318 e. The van der Waals surface area contributed by atoms with E-state index in [1.165, 1.54) is 30.1 Å². The maximum atomic E-state index is 4.69. The molecule has 0 aromatic carbocycles. The van der Waals surface area contributed by atoms with Crippen LogP contribution in [0.2, 0.25) is 0 Å². The first-order valence-corrected chi connectivity index (χ1v) is 7.02. The quantitative estimate of drug-likeness (QED) is 0.740. The zero-order valence-corrected chi connectivity index (χ0v) is 10.6. The van der Waals surface area contributed by atoms with Crippen molar-refractivity contribution in [1.29, 1.82) is 0 Å². The smallest absolute Gasteiger partial charge is 0.0822 e. The number of likely N-dealkylation sites (N-methyl/N-ethyl adjacent to an activating group) is 1. The Balaban J connectivity index is 2.09. The van der Waals surface area contributed by atoms with Crippen LogP contribution in [0.25, 0.3) is 0 Å². The molecule has 1 aromatic heterocycles. The van der Waals surface area contributed by atoms with E-state index in [4.69, 9.17) is 0 Å². The molecule has 0 amide bonds. The molecule has 84 valence electrons. The first-order valence-electron chi connectivity index (χ1n) is 5.81. The highest BCUT2D eigenvalue weighted by atomic mass is 31.1. The second-order valence-electron chi connectivity index (χ2n) is 4.09. The van der Waals surface area contributed by atoms with Gasteiger partial charge >= 0.3 is 0 Å². The number of nitrogens with one attached hydrogen (secondary N) is 1. The average Bonchev–Trinajstić information content (AvgIpc) is 2.99. The summed E-state index contributed by atoms with van der Waals surface area (Å²) in [5, 5.41) is 7.87. The lowest BCUT2D eigenvalue weighted by Crippen LogP contribution is -2.18. The van der Waals surface area contributed by atoms with E-state index in [-0.39, 0.29) is 0 Å². The Hall–Kier alpha value is -0.400. The van der Waals surface area contributed by atoms with Crippen LogP contribution in [0.1, 0.15) is 31.4 Å². The van der Waals surface area contributed by atoms with E-state index in [1.54, 1.807) is 0 Å². The lowest BCUT2D eigenvalue weighted by molar-refractivity contribution is 0.564. The lowest BCUT2D eigenvalue weighted by atomic mass is 10.3. The van der Waals surface area contributed by atoms with Gasteiger partial charge in [-0.3, -0.25) is 4.68 Å². The van der Waals surface area contributed by atoms with Crippen LogP contribution in [0.15, 0.2) is 6.07 Å². The van der Waals surface area contributed by atoms with Gasteiger partial charge in [0.05, 0.1) is 12.0 Å². The van der Waals surface area contributed by atoms with Gasteiger partial charge in [-0.05, 0) is 32.1 Å². The summed E-state index contributed by atoms with van der Waals surface area (Å²) in [7, 11) is 2.87. The minimum absolute atomic E-state index is 0.810. The van der Waals surface area contributed by atoms with Gasteiger partial charge in [-0.1, -0.05) is 15.5 Å². The minimum atomic E-state index is 0.810. The molecule has 0 spiro atoms. The summed E-state index contributed by atoms with van der Waals surface area (Å²) in [4.78, 5) is 0. The monoisotopic (exact) mass is 225 g/mol. The highest BCUT2D eigenvalue weighted by Gasteiger charge is 2.27. The maximum absolute atomic E-state index is 4.69. The van der Waals surface area contributed by atoms with E-state index >= 15 is 0 Å². The van der Waals surface area contributed by atoms with Crippen LogP contribution in [0.3, 0.4) is 0 Å². The molecule has 1 aromatic rings. The van der Waals surface area contributed by atoms with Gasteiger partial charge in [0.1, 0.15) is 0 Å². The zero-order chi connectivity index (χ0) is 10.7. The number of hydrogen-bond donors (Lipinski definition) is 1. The zero-order valence-electron chi connectivity index (χ0n) is 9.58. The molecule has 1 unspecified atom stereocenters. The van der Waals surface area contributed by atoms with Crippen LogP contribution in [0, 0.1) is 0 Å². The van der Waals surface area contributed by atoms with Crippen LogP contribution >= 0.6 is 8.58 Å². The topological polar surface area (TPSA) is 29.9 Å². The van der Waals surface area contributed by atoms with Gasteiger partial charge in [0.15, 0.2) is 0 Å². The second-order valence-corrected chi connectivity index (χ2v) is 5.66. The molecular formula is C11H20N3P. The Labute approximate surface area is 93.4 Å². The van der Waals surface area contributed by atoms with E-state index in [2.05, 4.69) is 28.1 Å². The van der Waals surface area contributed by atoms with Gasteiger partial charge in [0.25, 0.3) is 0 Å². The Morgan fingerprint density at radius 1 is 1.60 bits per heavy atom. The first-order chi connectivity index (χ1) is 7.35. The third-order valence-corrected chi connectivity index (χ3v) is 3.70. The van der Waals surface area contributed by atoms with Crippen LogP contribution in [-0.2, 0) is 6.54 Å². The highest BCUT2D eigenvalue weighted by molar-refractivity contribution is 7.46. The van der Waals surface area contributed by atoms with Crippen molar-refractivity contribution in [3.63, 3.8) is 0 Å². The molecular weight excluding hydrogens is 205 g/mol. The van der Waals surface area contributed by atoms with Crippen molar-refractivity contribution in [3.8, 4) is 0 Å². The van der Waals surface area contributed by atoms with Crippen molar-refractivity contribution in [1.82, 2.24) is 15.1 Å². The fourth-order valence-electron chi connectivity index (χ4n) is 1.80. The van der Waals surface area contributed by atoms with Crippen molar-refractivity contribution < 1.29 is 0 Å². The highest BCUT2D eigenvalue weighted by Crippen LogP contribution is 2.39. The second kappa shape index (κ2) is 5.09. The molecule has 4 heteroatoms. The van der Waals surface area contributed by atoms with Gasteiger partial charge in [-0.2, -0.15) is 5.10 Å². The molecule has 1 N–H and O–H groups in total. The van der Waals surface area contributed by atoms with E-state index in [0.29, 0.717) is 0 Å². The molecule has 1 saturated carbocycles. The summed E-state index contributed by atoms with van der Waals surface area (Å²) in [6.07, 6.45) is 3.94. The molecule has 1 atom stereocenters. The summed E-state index contributed by atoms with van der Waals surface area (Å²) in [6, 6.07) is 2.33. The Kier molecular flexibility index (Phi) is 3.76. The molecule has 1 fully saturated rings. The van der Waals surface area contributed by atoms with E-state index in [0.717, 1.165) is 27.6 Å². The molecule has 0 bridgehead atoms. The van der Waals surface area contributed by atoms with Gasteiger partial charge in [-0.15, -0.1) is 0 Å². The first kappa shape index (κ1) is 11.1. The van der Waals surface area contributed by atoms with Crippen LogP contribution < -0.4 is 10.8 Å². The van der Waals surface area contributed by atoms with Crippen LogP contribution in [-0.4, -0.2) is 29.5 Å². The standard InChI is InChI=1S/C11H20N3P/c1-3-15-11-8-10(9-4-5-9)14(13-11)7-6-12-2/h8-9,12,15H,3-7H2,1-2H3. The molecule has 1 heterocycles. The van der Waals surface area contributed by atoms with Gasteiger partial charge in [0.2, 0.25) is 0 Å². The molecule has 15 heavy (non-hydrogen) atoms. The number of aromatic nitrogens is 2. The van der Waals surface area contributed by atoms with Crippen LogP contribution in [0.5, 0.6) is 0 Å². The fourth-order valence-corrected chi connectivity index (χ4v) is 2.61. The summed E-state index contributed by atoms with van der Waals surface area (Å²) in [5.41, 5.74) is 2.77. The predicted octanol–water partition coefficient (Wildman–Crippen LogP) is 1.30. The van der Waals surface area contributed by atoms with E-state index < -0.39 is 0 Å². The molecule has 1 aliphatic rings. The molecule has 0 saturated heterocycles. The van der Waals surface area contributed by atoms with Crippen molar-refractivity contribution in [3.05, 3.63) is 11.8 Å². The molecule has 1 aliphatic carbocycles. The third-order valence-electron chi connectivity index (χ3n) is 2.74. The summed E-state index contributed by atoms with van der Waals surface area (Å²) in [6.45, 7) is 4.24. The Morgan fingerprint density at radius 2 is 2.40 bits per heavy atom. The van der Waals surface area contributed by atoms with Gasteiger partial charge < -0.3 is 5.32 Å². The number of hydrogen-bond acceptors (Lipinski definition) is 2. The summed E-state index contributed by atoms with van der Waals surface area (Å²) < 4.78 is 2.21. The Bertz CT molecular complexity index is 318. The van der Waals surface area contributed by atoms with Crippen molar-refractivity contribution >= 4 is 14.0 Å². The Morgan fingerprint density at radius 3 is 3.00 bits per heavy atom.